The van der Waals surface area contributed by atoms with E-state index in [9.17, 15) is 0 Å². The zero-order valence-electron chi connectivity index (χ0n) is 13.5. The molecule has 1 aromatic carbocycles. The summed E-state index contributed by atoms with van der Waals surface area (Å²) in [6.07, 6.45) is 0. The second-order valence-electron chi connectivity index (χ2n) is 6.23. The lowest BCUT2D eigenvalue weighted by Gasteiger charge is -2.26. The van der Waals surface area contributed by atoms with E-state index in [4.69, 9.17) is 5.73 Å². The van der Waals surface area contributed by atoms with Crippen LogP contribution in [-0.2, 0) is 6.54 Å². The topological polar surface area (TPSA) is 29.3 Å². The van der Waals surface area contributed by atoms with Crippen LogP contribution in [0.2, 0.25) is 0 Å². The Bertz CT molecular complexity index is 410. The first kappa shape index (κ1) is 16.2. The molecule has 0 spiro atoms. The molecule has 0 aliphatic heterocycles. The molecule has 0 aromatic heterocycles. The number of nitrogens with two attached hydrogens (primary N) is 1. The van der Waals surface area contributed by atoms with E-state index in [1.807, 2.05) is 0 Å². The average molecular weight is 262 g/mol. The highest BCUT2D eigenvalue weighted by molar-refractivity contribution is 5.38. The first-order valence-electron chi connectivity index (χ1n) is 7.31. The Balaban J connectivity index is 2.72. The zero-order valence-corrected chi connectivity index (χ0v) is 13.5. The maximum absolute atomic E-state index is 5.86. The van der Waals surface area contributed by atoms with Crippen molar-refractivity contribution in [2.24, 2.45) is 17.6 Å². The van der Waals surface area contributed by atoms with E-state index in [0.29, 0.717) is 11.8 Å². The Morgan fingerprint density at radius 1 is 1.11 bits per heavy atom. The minimum absolute atomic E-state index is 0.580. The molecule has 0 heterocycles. The summed E-state index contributed by atoms with van der Waals surface area (Å²) in [5, 5.41) is 0. The predicted octanol–water partition coefficient (Wildman–Crippen LogP) is 3.27. The van der Waals surface area contributed by atoms with Crippen molar-refractivity contribution in [1.29, 1.82) is 0 Å². The van der Waals surface area contributed by atoms with Crippen LogP contribution in [0.5, 0.6) is 0 Å². The largest absolute Gasteiger partial charge is 0.330 e. The van der Waals surface area contributed by atoms with Crippen molar-refractivity contribution < 1.29 is 0 Å². The first-order chi connectivity index (χ1) is 8.86. The van der Waals surface area contributed by atoms with Gasteiger partial charge in [-0.3, -0.25) is 0 Å². The molecule has 0 amide bonds. The third kappa shape index (κ3) is 4.32. The van der Waals surface area contributed by atoms with Gasteiger partial charge in [0.1, 0.15) is 0 Å². The Morgan fingerprint density at radius 2 is 1.74 bits per heavy atom. The standard InChI is InChI=1S/C17H30N2/c1-12(2)17(9-18)11-19(6)10-16-8-7-13(3)14(4)15(16)5/h7-8,12,17H,9-11,18H2,1-6H3. The number of hydrogen-bond donors (Lipinski definition) is 1. The Morgan fingerprint density at radius 3 is 2.26 bits per heavy atom. The van der Waals surface area contributed by atoms with Gasteiger partial charge in [0.15, 0.2) is 0 Å². The zero-order chi connectivity index (χ0) is 14.6. The van der Waals surface area contributed by atoms with Crippen molar-refractivity contribution in [2.45, 2.75) is 41.2 Å². The van der Waals surface area contributed by atoms with Gasteiger partial charge >= 0.3 is 0 Å². The van der Waals surface area contributed by atoms with Gasteiger partial charge in [-0.15, -0.1) is 0 Å². The lowest BCUT2D eigenvalue weighted by molar-refractivity contribution is 0.234. The van der Waals surface area contributed by atoms with Crippen molar-refractivity contribution in [3.63, 3.8) is 0 Å². The Labute approximate surface area is 119 Å². The van der Waals surface area contributed by atoms with Crippen LogP contribution in [0.1, 0.15) is 36.1 Å². The molecule has 2 heteroatoms. The SMILES string of the molecule is Cc1ccc(CN(C)CC(CN)C(C)C)c(C)c1C. The summed E-state index contributed by atoms with van der Waals surface area (Å²) in [6, 6.07) is 4.50. The maximum Gasteiger partial charge on any atom is 0.0233 e. The molecule has 1 atom stereocenters. The molecule has 2 nitrogen and oxygen atoms in total. The van der Waals surface area contributed by atoms with Crippen LogP contribution in [0, 0.1) is 32.6 Å². The molecule has 19 heavy (non-hydrogen) atoms. The lowest BCUT2D eigenvalue weighted by atomic mass is 9.94. The summed E-state index contributed by atoms with van der Waals surface area (Å²) in [4.78, 5) is 2.40. The molecular formula is C17H30N2. The molecular weight excluding hydrogens is 232 g/mol. The fraction of sp³-hybridized carbons (Fsp3) is 0.647. The fourth-order valence-electron chi connectivity index (χ4n) is 2.50. The van der Waals surface area contributed by atoms with E-state index in [0.717, 1.165) is 19.6 Å². The van der Waals surface area contributed by atoms with Gasteiger partial charge in [0, 0.05) is 13.1 Å². The highest BCUT2D eigenvalue weighted by atomic mass is 15.1. The second kappa shape index (κ2) is 7.06. The van der Waals surface area contributed by atoms with Gasteiger partial charge in [0.2, 0.25) is 0 Å². The van der Waals surface area contributed by atoms with Gasteiger partial charge in [0.25, 0.3) is 0 Å². The minimum atomic E-state index is 0.580. The van der Waals surface area contributed by atoms with E-state index < -0.39 is 0 Å². The average Bonchev–Trinajstić information content (AvgIpc) is 2.36. The van der Waals surface area contributed by atoms with E-state index in [1.165, 1.54) is 22.3 Å². The molecule has 0 saturated carbocycles. The lowest BCUT2D eigenvalue weighted by Crippen LogP contribution is -2.33. The van der Waals surface area contributed by atoms with E-state index in [1.54, 1.807) is 0 Å². The van der Waals surface area contributed by atoms with Gasteiger partial charge in [-0.25, -0.2) is 0 Å². The first-order valence-corrected chi connectivity index (χ1v) is 7.31. The van der Waals surface area contributed by atoms with E-state index in [2.05, 4.69) is 58.7 Å². The normalized spacial score (nSPS) is 13.3. The number of hydrogen-bond acceptors (Lipinski definition) is 2. The highest BCUT2D eigenvalue weighted by Gasteiger charge is 2.15. The molecule has 0 radical (unpaired) electrons. The van der Waals surface area contributed by atoms with Gasteiger partial charge in [-0.05, 0) is 68.5 Å². The molecule has 0 aliphatic carbocycles. The van der Waals surface area contributed by atoms with E-state index >= 15 is 0 Å². The molecule has 2 N–H and O–H groups in total. The molecule has 1 rings (SSSR count). The minimum Gasteiger partial charge on any atom is -0.330 e. The van der Waals surface area contributed by atoms with Crippen LogP contribution in [-0.4, -0.2) is 25.0 Å². The molecule has 0 aliphatic rings. The molecule has 1 unspecified atom stereocenters. The van der Waals surface area contributed by atoms with Gasteiger partial charge < -0.3 is 10.6 Å². The number of rotatable bonds is 6. The van der Waals surface area contributed by atoms with Gasteiger partial charge in [0.05, 0.1) is 0 Å². The molecule has 0 saturated heterocycles. The smallest absolute Gasteiger partial charge is 0.0233 e. The van der Waals surface area contributed by atoms with Crippen LogP contribution in [0.3, 0.4) is 0 Å². The molecule has 1 aromatic rings. The van der Waals surface area contributed by atoms with Crippen LogP contribution in [0.15, 0.2) is 12.1 Å². The van der Waals surface area contributed by atoms with Gasteiger partial charge in [-0.1, -0.05) is 26.0 Å². The summed E-state index contributed by atoms with van der Waals surface area (Å²) < 4.78 is 0. The summed E-state index contributed by atoms with van der Waals surface area (Å²) in [6.45, 7) is 14.0. The van der Waals surface area contributed by atoms with Crippen LogP contribution < -0.4 is 5.73 Å². The third-order valence-corrected chi connectivity index (χ3v) is 4.40. The van der Waals surface area contributed by atoms with Crippen molar-refractivity contribution in [2.75, 3.05) is 20.1 Å². The summed E-state index contributed by atoms with van der Waals surface area (Å²) in [5.74, 6) is 1.23. The number of nitrogens with zero attached hydrogens (tertiary/aromatic N) is 1. The summed E-state index contributed by atoms with van der Waals surface area (Å²) >= 11 is 0. The van der Waals surface area contributed by atoms with Crippen LogP contribution >= 0.6 is 0 Å². The Kier molecular flexibility index (Phi) is 6.02. The number of benzene rings is 1. The third-order valence-electron chi connectivity index (χ3n) is 4.40. The van der Waals surface area contributed by atoms with Crippen molar-refractivity contribution >= 4 is 0 Å². The highest BCUT2D eigenvalue weighted by Crippen LogP contribution is 2.19. The Hall–Kier alpha value is -0.860. The van der Waals surface area contributed by atoms with Crippen LogP contribution in [0.4, 0.5) is 0 Å². The quantitative estimate of drug-likeness (QED) is 0.852. The maximum atomic E-state index is 5.86. The second-order valence-corrected chi connectivity index (χ2v) is 6.23. The molecule has 108 valence electrons. The van der Waals surface area contributed by atoms with Crippen LogP contribution in [0.25, 0.3) is 0 Å². The fourth-order valence-corrected chi connectivity index (χ4v) is 2.50. The monoisotopic (exact) mass is 262 g/mol. The van der Waals surface area contributed by atoms with Crippen molar-refractivity contribution in [3.8, 4) is 0 Å². The molecule has 0 bridgehead atoms. The predicted molar refractivity (Wildman–Crippen MR) is 84.4 cm³/mol. The van der Waals surface area contributed by atoms with Gasteiger partial charge in [-0.2, -0.15) is 0 Å². The van der Waals surface area contributed by atoms with Crippen molar-refractivity contribution in [3.05, 3.63) is 34.4 Å². The summed E-state index contributed by atoms with van der Waals surface area (Å²) in [5.41, 5.74) is 11.5. The summed E-state index contributed by atoms with van der Waals surface area (Å²) in [7, 11) is 2.19. The van der Waals surface area contributed by atoms with Crippen molar-refractivity contribution in [1.82, 2.24) is 4.90 Å². The van der Waals surface area contributed by atoms with E-state index in [-0.39, 0.29) is 0 Å². The molecule has 0 fully saturated rings. The number of aryl methyl sites for hydroxylation is 1.